The molecular formula is C37H70O6. The molecule has 0 aromatic rings. The molecule has 0 aromatic carbocycles. The second kappa shape index (κ2) is 31.8. The zero-order valence-corrected chi connectivity index (χ0v) is 28.9. The van der Waals surface area contributed by atoms with Crippen LogP contribution in [-0.2, 0) is 28.6 Å². The highest BCUT2D eigenvalue weighted by Gasteiger charge is 2.19. The lowest BCUT2D eigenvalue weighted by atomic mass is 10.00. The molecule has 0 saturated carbocycles. The molecule has 1 unspecified atom stereocenters. The van der Waals surface area contributed by atoms with E-state index >= 15 is 0 Å². The van der Waals surface area contributed by atoms with Gasteiger partial charge in [0.15, 0.2) is 6.10 Å². The Morgan fingerprint density at radius 1 is 0.465 bits per heavy atom. The van der Waals surface area contributed by atoms with Crippen molar-refractivity contribution in [3.05, 3.63) is 0 Å². The molecule has 0 aliphatic carbocycles. The molecule has 6 nitrogen and oxygen atoms in total. The molecule has 0 radical (unpaired) electrons. The zero-order chi connectivity index (χ0) is 31.8. The van der Waals surface area contributed by atoms with Crippen LogP contribution >= 0.6 is 0 Å². The molecular weight excluding hydrogens is 540 g/mol. The lowest BCUT2D eigenvalue weighted by Crippen LogP contribution is -2.30. The predicted octanol–water partition coefficient (Wildman–Crippen LogP) is 10.8. The first-order valence-corrected chi connectivity index (χ1v) is 18.4. The highest BCUT2D eigenvalue weighted by atomic mass is 16.6. The number of unbranched alkanes of at least 4 members (excludes halogenated alkanes) is 18. The Bertz CT molecular complexity index is 649. The summed E-state index contributed by atoms with van der Waals surface area (Å²) in [5.74, 6) is -0.0753. The highest BCUT2D eigenvalue weighted by molar-refractivity contribution is 5.71. The summed E-state index contributed by atoms with van der Waals surface area (Å²) < 4.78 is 16.5. The zero-order valence-electron chi connectivity index (χ0n) is 28.9. The van der Waals surface area contributed by atoms with Crippen molar-refractivity contribution in [3.8, 4) is 0 Å². The smallest absolute Gasteiger partial charge is 0.306 e. The fraction of sp³-hybridized carbons (Fsp3) is 0.919. The largest absolute Gasteiger partial charge is 0.462 e. The quantitative estimate of drug-likeness (QED) is 0.0428. The minimum Gasteiger partial charge on any atom is -0.462 e. The van der Waals surface area contributed by atoms with Gasteiger partial charge in [-0.15, -0.1) is 0 Å². The van der Waals surface area contributed by atoms with Crippen LogP contribution in [0.25, 0.3) is 0 Å². The van der Waals surface area contributed by atoms with Crippen molar-refractivity contribution in [2.75, 3.05) is 13.2 Å². The van der Waals surface area contributed by atoms with Crippen LogP contribution in [0.15, 0.2) is 0 Å². The number of carbonyl (C=O) groups excluding carboxylic acids is 3. The number of rotatable bonds is 32. The van der Waals surface area contributed by atoms with Gasteiger partial charge in [0, 0.05) is 19.3 Å². The van der Waals surface area contributed by atoms with E-state index in [9.17, 15) is 14.4 Å². The number of esters is 3. The van der Waals surface area contributed by atoms with Crippen LogP contribution < -0.4 is 0 Å². The molecule has 0 aliphatic heterocycles. The fourth-order valence-corrected chi connectivity index (χ4v) is 5.18. The third-order valence-corrected chi connectivity index (χ3v) is 8.40. The maximum Gasteiger partial charge on any atom is 0.306 e. The normalized spacial score (nSPS) is 12.6. The molecule has 0 fully saturated rings. The molecule has 0 N–H and O–H groups in total. The minimum atomic E-state index is -0.756. The van der Waals surface area contributed by atoms with Gasteiger partial charge in [0.1, 0.15) is 13.2 Å². The van der Waals surface area contributed by atoms with Crippen LogP contribution in [-0.4, -0.2) is 37.2 Å². The van der Waals surface area contributed by atoms with E-state index in [0.717, 1.165) is 70.1 Å². The molecule has 2 atom stereocenters. The van der Waals surface area contributed by atoms with E-state index in [4.69, 9.17) is 14.2 Å². The predicted molar refractivity (Wildman–Crippen MR) is 178 cm³/mol. The Hall–Kier alpha value is -1.59. The molecule has 254 valence electrons. The van der Waals surface area contributed by atoms with Crippen molar-refractivity contribution < 1.29 is 28.6 Å². The molecule has 6 heteroatoms. The van der Waals surface area contributed by atoms with Gasteiger partial charge in [-0.2, -0.15) is 0 Å². The number of hydrogen-bond acceptors (Lipinski definition) is 6. The third-order valence-electron chi connectivity index (χ3n) is 8.40. The standard InChI is InChI=1S/C37H70O6/c1-5-8-10-12-13-14-15-16-21-25-29-36(39)42-32-34(31-41-35(38)28-24-19-11-9-6-2)43-37(40)30-26-22-18-17-20-23-27-33(4)7-3/h33-34H,5-32H2,1-4H3/t33?,34-/m0/s1. The van der Waals surface area contributed by atoms with Gasteiger partial charge in [-0.25, -0.2) is 0 Å². The van der Waals surface area contributed by atoms with E-state index in [1.54, 1.807) is 0 Å². The van der Waals surface area contributed by atoms with Gasteiger partial charge in [-0.3, -0.25) is 14.4 Å². The van der Waals surface area contributed by atoms with E-state index in [0.29, 0.717) is 19.3 Å². The SMILES string of the molecule is CCCCCCCCCCCCC(=O)OC[C@H](COC(=O)CCCCCCC)OC(=O)CCCCCCCCC(C)CC. The average molecular weight is 611 g/mol. The Morgan fingerprint density at radius 3 is 1.21 bits per heavy atom. The maximum absolute atomic E-state index is 12.5. The molecule has 0 heterocycles. The van der Waals surface area contributed by atoms with E-state index in [-0.39, 0.29) is 31.1 Å². The Balaban J connectivity index is 4.32. The second-order valence-electron chi connectivity index (χ2n) is 12.7. The molecule has 0 amide bonds. The van der Waals surface area contributed by atoms with Crippen LogP contribution in [0, 0.1) is 5.92 Å². The number of hydrogen-bond donors (Lipinski definition) is 0. The lowest BCUT2D eigenvalue weighted by molar-refractivity contribution is -0.167. The summed E-state index contributed by atoms with van der Waals surface area (Å²) in [4.78, 5) is 37.1. The summed E-state index contributed by atoms with van der Waals surface area (Å²) >= 11 is 0. The third kappa shape index (κ3) is 30.2. The van der Waals surface area contributed by atoms with Gasteiger partial charge in [0.05, 0.1) is 0 Å². The topological polar surface area (TPSA) is 78.9 Å². The minimum absolute atomic E-state index is 0.0672. The highest BCUT2D eigenvalue weighted by Crippen LogP contribution is 2.15. The van der Waals surface area contributed by atoms with Crippen LogP contribution in [0.1, 0.15) is 195 Å². The first-order chi connectivity index (χ1) is 20.9. The van der Waals surface area contributed by atoms with Crippen LogP contribution in [0.5, 0.6) is 0 Å². The van der Waals surface area contributed by atoms with E-state index < -0.39 is 6.10 Å². The van der Waals surface area contributed by atoms with Crippen LogP contribution in [0.3, 0.4) is 0 Å². The maximum atomic E-state index is 12.5. The summed E-state index contributed by atoms with van der Waals surface area (Å²) in [5.41, 5.74) is 0. The Labute approximate surface area is 266 Å². The first-order valence-electron chi connectivity index (χ1n) is 18.4. The molecule has 43 heavy (non-hydrogen) atoms. The van der Waals surface area contributed by atoms with Crippen molar-refractivity contribution in [3.63, 3.8) is 0 Å². The summed E-state index contributed by atoms with van der Waals surface area (Å²) in [6.45, 7) is 8.83. The number of ether oxygens (including phenoxy) is 3. The van der Waals surface area contributed by atoms with Crippen LogP contribution in [0.2, 0.25) is 0 Å². The fourth-order valence-electron chi connectivity index (χ4n) is 5.18. The number of carbonyl (C=O) groups is 3. The van der Waals surface area contributed by atoms with Crippen molar-refractivity contribution in [1.29, 1.82) is 0 Å². The second-order valence-corrected chi connectivity index (χ2v) is 12.7. The van der Waals surface area contributed by atoms with E-state index in [2.05, 4.69) is 27.7 Å². The molecule has 0 rings (SSSR count). The van der Waals surface area contributed by atoms with E-state index in [1.165, 1.54) is 83.5 Å². The summed E-state index contributed by atoms with van der Waals surface area (Å²) in [6, 6.07) is 0. The lowest BCUT2D eigenvalue weighted by Gasteiger charge is -2.18. The Morgan fingerprint density at radius 2 is 0.814 bits per heavy atom. The van der Waals surface area contributed by atoms with Crippen molar-refractivity contribution in [2.24, 2.45) is 5.92 Å². The van der Waals surface area contributed by atoms with Crippen molar-refractivity contribution >= 4 is 17.9 Å². The van der Waals surface area contributed by atoms with Crippen molar-refractivity contribution in [2.45, 2.75) is 201 Å². The molecule has 0 aliphatic rings. The molecule has 0 aromatic heterocycles. The van der Waals surface area contributed by atoms with Gasteiger partial charge < -0.3 is 14.2 Å². The molecule has 0 bridgehead atoms. The van der Waals surface area contributed by atoms with Crippen molar-refractivity contribution in [1.82, 2.24) is 0 Å². The molecule has 0 saturated heterocycles. The first kappa shape index (κ1) is 41.4. The van der Waals surface area contributed by atoms with Gasteiger partial charge in [-0.1, -0.05) is 156 Å². The van der Waals surface area contributed by atoms with Gasteiger partial charge in [-0.05, 0) is 25.2 Å². The Kier molecular flexibility index (Phi) is 30.6. The van der Waals surface area contributed by atoms with Gasteiger partial charge in [0.2, 0.25) is 0 Å². The monoisotopic (exact) mass is 611 g/mol. The van der Waals surface area contributed by atoms with Gasteiger partial charge >= 0.3 is 17.9 Å². The van der Waals surface area contributed by atoms with E-state index in [1.807, 2.05) is 0 Å². The van der Waals surface area contributed by atoms with Crippen LogP contribution in [0.4, 0.5) is 0 Å². The van der Waals surface area contributed by atoms with Gasteiger partial charge in [0.25, 0.3) is 0 Å². The summed E-state index contributed by atoms with van der Waals surface area (Å²) in [7, 11) is 0. The summed E-state index contributed by atoms with van der Waals surface area (Å²) in [5, 5.41) is 0. The summed E-state index contributed by atoms with van der Waals surface area (Å²) in [6.07, 6.45) is 26.9. The molecule has 0 spiro atoms. The average Bonchev–Trinajstić information content (AvgIpc) is 3.00.